The number of nitrogens with zero attached hydrogens (tertiary/aromatic N) is 1. The van der Waals surface area contributed by atoms with Crippen LogP contribution in [0.1, 0.15) is 123 Å². The summed E-state index contributed by atoms with van der Waals surface area (Å²) in [5.41, 5.74) is 5.52. The molecule has 0 spiro atoms. The summed E-state index contributed by atoms with van der Waals surface area (Å²) in [5, 5.41) is 9.70. The Morgan fingerprint density at radius 1 is 0.700 bits per heavy atom. The number of carbonyl (C=O) groups excluding carboxylic acids is 2. The third kappa shape index (κ3) is 13.7. The van der Waals surface area contributed by atoms with Gasteiger partial charge >= 0.3 is 5.97 Å². The quantitative estimate of drug-likeness (QED) is 0.253. The Morgan fingerprint density at radius 2 is 1.13 bits per heavy atom. The topological polar surface area (TPSA) is 101 Å². The number of carboxylic acid groups (broad SMARTS) is 1. The van der Waals surface area contributed by atoms with Crippen molar-refractivity contribution in [1.82, 2.24) is 4.90 Å². The number of amides is 2. The summed E-state index contributed by atoms with van der Waals surface area (Å²) in [4.78, 5) is 38.6. The van der Waals surface area contributed by atoms with E-state index in [1.807, 2.05) is 0 Å². The molecule has 176 valence electrons. The predicted octanol–water partition coefficient (Wildman–Crippen LogP) is 5.43. The number of rotatable bonds is 20. The van der Waals surface area contributed by atoms with Crippen molar-refractivity contribution in [3.05, 3.63) is 0 Å². The molecule has 0 fully saturated rings. The van der Waals surface area contributed by atoms with Crippen molar-refractivity contribution in [3.8, 4) is 0 Å². The first-order valence-corrected chi connectivity index (χ1v) is 12.3. The van der Waals surface area contributed by atoms with Gasteiger partial charge in [0.2, 0.25) is 11.8 Å². The molecule has 0 aliphatic heterocycles. The van der Waals surface area contributed by atoms with E-state index >= 15 is 0 Å². The molecule has 0 bridgehead atoms. The normalized spacial score (nSPS) is 12.0. The van der Waals surface area contributed by atoms with Crippen LogP contribution in [0.25, 0.3) is 0 Å². The number of nitrogens with two attached hydrogens (primary N) is 1. The van der Waals surface area contributed by atoms with Gasteiger partial charge in [0, 0.05) is 12.8 Å². The van der Waals surface area contributed by atoms with Crippen LogP contribution in [0.3, 0.4) is 0 Å². The lowest BCUT2D eigenvalue weighted by Gasteiger charge is -2.27. The lowest BCUT2D eigenvalue weighted by Crippen LogP contribution is -2.48. The maximum Gasteiger partial charge on any atom is 0.326 e. The summed E-state index contributed by atoms with van der Waals surface area (Å²) in [6.45, 7) is 4.80. The minimum Gasteiger partial charge on any atom is -0.480 e. The minimum absolute atomic E-state index is 0.245. The zero-order valence-corrected chi connectivity index (χ0v) is 19.5. The van der Waals surface area contributed by atoms with E-state index in [9.17, 15) is 19.5 Å². The van der Waals surface area contributed by atoms with Crippen LogP contribution in [0, 0.1) is 0 Å². The van der Waals surface area contributed by atoms with Crippen LogP contribution in [0.4, 0.5) is 0 Å². The Bertz CT molecular complexity index is 440. The van der Waals surface area contributed by atoms with E-state index in [1.54, 1.807) is 0 Å². The highest BCUT2D eigenvalue weighted by atomic mass is 16.4. The van der Waals surface area contributed by atoms with Crippen molar-refractivity contribution < 1.29 is 19.5 Å². The van der Waals surface area contributed by atoms with Crippen LogP contribution in [0.2, 0.25) is 0 Å². The first kappa shape index (κ1) is 28.6. The van der Waals surface area contributed by atoms with Gasteiger partial charge in [-0.1, -0.05) is 78.1 Å². The minimum atomic E-state index is -1.10. The van der Waals surface area contributed by atoms with E-state index < -0.39 is 12.0 Å². The van der Waals surface area contributed by atoms with Gasteiger partial charge in [0.05, 0.1) is 0 Å². The average Bonchev–Trinajstić information content (AvgIpc) is 2.72. The highest BCUT2D eigenvalue weighted by Gasteiger charge is 2.33. The zero-order valence-electron chi connectivity index (χ0n) is 19.5. The molecule has 0 saturated carbocycles. The van der Waals surface area contributed by atoms with Gasteiger partial charge in [-0.3, -0.25) is 14.5 Å². The molecule has 6 heteroatoms. The lowest BCUT2D eigenvalue weighted by molar-refractivity contribution is -0.158. The lowest BCUT2D eigenvalue weighted by atomic mass is 10.0. The Hall–Kier alpha value is -1.43. The summed E-state index contributed by atoms with van der Waals surface area (Å²) < 4.78 is 0. The highest BCUT2D eigenvalue weighted by Crippen LogP contribution is 2.17. The number of hydrogen-bond donors (Lipinski definition) is 2. The Balaban J connectivity index is 4.84. The standard InChI is InChI=1S/C24H46N2O4/c1-3-5-7-9-11-13-18-22(27)26(21(24(29)30)17-15-16-20-25)23(28)19-14-12-10-8-6-4-2/h21H,3-20,25H2,1-2H3,(H,29,30)/t21-/m0/s1. The molecule has 6 nitrogen and oxygen atoms in total. The van der Waals surface area contributed by atoms with E-state index in [0.717, 1.165) is 43.4 Å². The molecule has 30 heavy (non-hydrogen) atoms. The smallest absolute Gasteiger partial charge is 0.326 e. The largest absolute Gasteiger partial charge is 0.480 e. The van der Waals surface area contributed by atoms with Crippen LogP contribution in [-0.4, -0.2) is 40.4 Å². The van der Waals surface area contributed by atoms with Crippen LogP contribution < -0.4 is 5.73 Å². The maximum atomic E-state index is 12.8. The van der Waals surface area contributed by atoms with Gasteiger partial charge in [-0.2, -0.15) is 0 Å². The molecule has 0 aliphatic rings. The molecule has 0 radical (unpaired) electrons. The third-order valence-corrected chi connectivity index (χ3v) is 5.55. The van der Waals surface area contributed by atoms with Crippen molar-refractivity contribution in [2.24, 2.45) is 5.73 Å². The van der Waals surface area contributed by atoms with Gasteiger partial charge in [-0.25, -0.2) is 4.79 Å². The molecule has 1 atom stereocenters. The molecule has 2 amide bonds. The molecular weight excluding hydrogens is 380 g/mol. The maximum absolute atomic E-state index is 12.8. The number of carboxylic acids is 1. The monoisotopic (exact) mass is 426 g/mol. The summed E-state index contributed by atoms with van der Waals surface area (Å²) in [5.74, 6) is -1.76. The molecule has 0 saturated heterocycles. The second-order valence-electron chi connectivity index (χ2n) is 8.33. The SMILES string of the molecule is CCCCCCCCC(=O)N(C(=O)CCCCCCCC)[C@@H](CCCCN)C(=O)O. The van der Waals surface area contributed by atoms with Crippen LogP contribution in [-0.2, 0) is 14.4 Å². The Kier molecular flexibility index (Phi) is 18.6. The molecule has 0 unspecified atom stereocenters. The molecule has 0 aromatic rings. The molecular formula is C24H46N2O4. The first-order chi connectivity index (χ1) is 14.5. The predicted molar refractivity (Wildman–Crippen MR) is 122 cm³/mol. The Morgan fingerprint density at radius 3 is 1.53 bits per heavy atom. The molecule has 0 aromatic carbocycles. The summed E-state index contributed by atoms with van der Waals surface area (Å²) in [6.07, 6.45) is 14.5. The number of aliphatic carboxylic acids is 1. The molecule has 3 N–H and O–H groups in total. The van der Waals surface area contributed by atoms with E-state index in [4.69, 9.17) is 5.73 Å². The average molecular weight is 427 g/mol. The fraction of sp³-hybridized carbons (Fsp3) is 0.875. The van der Waals surface area contributed by atoms with Crippen LogP contribution >= 0.6 is 0 Å². The van der Waals surface area contributed by atoms with Gasteiger partial charge in [0.15, 0.2) is 0 Å². The van der Waals surface area contributed by atoms with Crippen LogP contribution in [0.15, 0.2) is 0 Å². The summed E-state index contributed by atoms with van der Waals surface area (Å²) >= 11 is 0. The molecule has 0 rings (SSSR count). The van der Waals surface area contributed by atoms with Crippen molar-refractivity contribution in [1.29, 1.82) is 0 Å². The van der Waals surface area contributed by atoms with Gasteiger partial charge in [-0.15, -0.1) is 0 Å². The van der Waals surface area contributed by atoms with Crippen molar-refractivity contribution >= 4 is 17.8 Å². The molecule has 0 aliphatic carbocycles. The molecule has 0 aromatic heterocycles. The van der Waals surface area contributed by atoms with Gasteiger partial charge < -0.3 is 10.8 Å². The second-order valence-corrected chi connectivity index (χ2v) is 8.33. The van der Waals surface area contributed by atoms with Crippen molar-refractivity contribution in [2.75, 3.05) is 6.54 Å². The number of unbranched alkanes of at least 4 members (excludes halogenated alkanes) is 11. The first-order valence-electron chi connectivity index (χ1n) is 12.3. The fourth-order valence-electron chi connectivity index (χ4n) is 3.69. The van der Waals surface area contributed by atoms with E-state index in [2.05, 4.69) is 13.8 Å². The number of imide groups is 1. The second kappa shape index (κ2) is 19.5. The highest BCUT2D eigenvalue weighted by molar-refractivity contribution is 5.99. The van der Waals surface area contributed by atoms with Crippen LogP contribution in [0.5, 0.6) is 0 Å². The molecule has 0 heterocycles. The van der Waals surface area contributed by atoms with E-state index in [1.165, 1.54) is 25.7 Å². The van der Waals surface area contributed by atoms with Gasteiger partial charge in [0.25, 0.3) is 0 Å². The summed E-state index contributed by atoms with van der Waals surface area (Å²) in [6, 6.07) is -1.07. The van der Waals surface area contributed by atoms with E-state index in [0.29, 0.717) is 32.2 Å². The van der Waals surface area contributed by atoms with Gasteiger partial charge in [-0.05, 0) is 38.6 Å². The van der Waals surface area contributed by atoms with Crippen molar-refractivity contribution in [3.63, 3.8) is 0 Å². The van der Waals surface area contributed by atoms with E-state index in [-0.39, 0.29) is 31.1 Å². The number of hydrogen-bond acceptors (Lipinski definition) is 4. The fourth-order valence-corrected chi connectivity index (χ4v) is 3.69. The zero-order chi connectivity index (χ0) is 22.6. The number of carbonyl (C=O) groups is 3. The summed E-state index contributed by atoms with van der Waals surface area (Å²) in [7, 11) is 0. The Labute approximate surface area is 184 Å². The van der Waals surface area contributed by atoms with Gasteiger partial charge in [0.1, 0.15) is 6.04 Å². The third-order valence-electron chi connectivity index (χ3n) is 5.55. The van der Waals surface area contributed by atoms with Crippen molar-refractivity contribution in [2.45, 2.75) is 129 Å².